The molecule has 2 aliphatic rings. The summed E-state index contributed by atoms with van der Waals surface area (Å²) in [5, 5.41) is 2.85. The van der Waals surface area contributed by atoms with Gasteiger partial charge in [0.1, 0.15) is 35.4 Å². The van der Waals surface area contributed by atoms with Crippen LogP contribution in [0.2, 0.25) is 5.02 Å². The summed E-state index contributed by atoms with van der Waals surface area (Å²) in [4.78, 5) is 24.6. The molecule has 0 atom stereocenters. The quantitative estimate of drug-likeness (QED) is 0.225. The van der Waals surface area contributed by atoms with E-state index in [9.17, 15) is 13.6 Å². The molecule has 2 aliphatic heterocycles. The summed E-state index contributed by atoms with van der Waals surface area (Å²) in [6.07, 6.45) is 5.63. The molecule has 2 fully saturated rings. The molecule has 0 bridgehead atoms. The van der Waals surface area contributed by atoms with E-state index in [4.69, 9.17) is 25.8 Å². The number of nitrogens with zero attached hydrogens (tertiary/aromatic N) is 4. The van der Waals surface area contributed by atoms with Crippen LogP contribution in [0.15, 0.2) is 42.4 Å². The van der Waals surface area contributed by atoms with Gasteiger partial charge in [0.15, 0.2) is 17.3 Å². The van der Waals surface area contributed by atoms with E-state index < -0.39 is 16.7 Å². The number of aldehydes is 1. The Bertz CT molecular complexity index is 1390. The lowest BCUT2D eigenvalue weighted by Crippen LogP contribution is -2.39. The van der Waals surface area contributed by atoms with Gasteiger partial charge < -0.3 is 24.4 Å². The van der Waals surface area contributed by atoms with Crippen molar-refractivity contribution in [3.63, 3.8) is 0 Å². The molecular formula is C28H30ClF2N5O4. The minimum Gasteiger partial charge on any atom is -0.493 e. The maximum atomic E-state index is 14.5. The van der Waals surface area contributed by atoms with Crippen LogP contribution in [-0.2, 0) is 9.53 Å². The number of rotatable bonds is 9. The first-order valence-electron chi connectivity index (χ1n) is 13.0. The predicted octanol–water partition coefficient (Wildman–Crippen LogP) is 4.57. The molecule has 0 radical (unpaired) electrons. The summed E-state index contributed by atoms with van der Waals surface area (Å²) in [5.41, 5.74) is 1.28. The van der Waals surface area contributed by atoms with Crippen LogP contribution in [0.25, 0.3) is 10.9 Å². The highest BCUT2D eigenvalue weighted by Crippen LogP contribution is 2.37. The highest BCUT2D eigenvalue weighted by atomic mass is 35.5. The Hall–Kier alpha value is -3.54. The van der Waals surface area contributed by atoms with Crippen molar-refractivity contribution in [3.05, 3.63) is 59.0 Å². The van der Waals surface area contributed by atoms with Crippen LogP contribution in [0.4, 0.5) is 20.3 Å². The highest BCUT2D eigenvalue weighted by Gasteiger charge is 2.23. The smallest absolute Gasteiger partial charge is 0.168 e. The zero-order valence-electron chi connectivity index (χ0n) is 22.0. The monoisotopic (exact) mass is 573 g/mol. The number of halogens is 3. The van der Waals surface area contributed by atoms with Gasteiger partial charge in [0.05, 0.1) is 31.5 Å². The Morgan fingerprint density at radius 1 is 1.15 bits per heavy atom. The van der Waals surface area contributed by atoms with Gasteiger partial charge in [-0.1, -0.05) is 11.6 Å². The van der Waals surface area contributed by atoms with E-state index in [-0.39, 0.29) is 11.8 Å². The molecule has 3 heterocycles. The minimum absolute atomic E-state index is 0.0200. The molecule has 1 aromatic heterocycles. The summed E-state index contributed by atoms with van der Waals surface area (Å²) in [6.45, 7) is 5.11. The van der Waals surface area contributed by atoms with Crippen LogP contribution < -0.4 is 14.8 Å². The molecule has 1 N–H and O–H groups in total. The molecule has 0 unspecified atom stereocenters. The Morgan fingerprint density at radius 2 is 1.93 bits per heavy atom. The van der Waals surface area contributed by atoms with Crippen molar-refractivity contribution in [1.82, 2.24) is 19.8 Å². The lowest BCUT2D eigenvalue weighted by atomic mass is 10.1. The second-order valence-electron chi connectivity index (χ2n) is 9.65. The molecule has 0 saturated carbocycles. The van der Waals surface area contributed by atoms with Gasteiger partial charge in [-0.3, -0.25) is 9.69 Å². The minimum atomic E-state index is -0.915. The molecule has 3 aromatic rings. The summed E-state index contributed by atoms with van der Waals surface area (Å²) in [7, 11) is 1.55. The summed E-state index contributed by atoms with van der Waals surface area (Å²) < 4.78 is 45.5. The third-order valence-electron chi connectivity index (χ3n) is 6.99. The lowest BCUT2D eigenvalue weighted by molar-refractivity contribution is -0.105. The van der Waals surface area contributed by atoms with E-state index in [1.807, 2.05) is 6.20 Å². The third kappa shape index (κ3) is 6.43. The van der Waals surface area contributed by atoms with E-state index in [1.165, 1.54) is 12.4 Å². The zero-order valence-corrected chi connectivity index (χ0v) is 22.8. The highest BCUT2D eigenvalue weighted by molar-refractivity contribution is 6.31. The fraction of sp³-hybridized carbons (Fsp3) is 0.393. The fourth-order valence-electron chi connectivity index (χ4n) is 4.83. The van der Waals surface area contributed by atoms with Crippen molar-refractivity contribution in [2.75, 3.05) is 58.4 Å². The Labute approximate surface area is 235 Å². The number of carbonyl (C=O) groups is 1. The van der Waals surface area contributed by atoms with Gasteiger partial charge in [-0.25, -0.2) is 18.7 Å². The second kappa shape index (κ2) is 12.8. The first-order valence-corrected chi connectivity index (χ1v) is 13.4. The third-order valence-corrected chi connectivity index (χ3v) is 7.34. The number of nitrogens with one attached hydrogen (secondary N) is 1. The number of hydrogen-bond donors (Lipinski definition) is 1. The van der Waals surface area contributed by atoms with E-state index >= 15 is 0 Å². The van der Waals surface area contributed by atoms with Gasteiger partial charge in [-0.05, 0) is 18.2 Å². The SMILES string of the molecule is COc1cc2ncnc(Nc3ccc(F)c(Cl)c3F)c2cc1OC1CCN(C=C(C=O)CN2CCOCC2)CC1. The van der Waals surface area contributed by atoms with Crippen LogP contribution in [0, 0.1) is 11.6 Å². The first-order chi connectivity index (χ1) is 19.4. The number of aromatic nitrogens is 2. The normalized spacial score (nSPS) is 17.2. The maximum absolute atomic E-state index is 14.5. The van der Waals surface area contributed by atoms with Gasteiger partial charge in [0.2, 0.25) is 0 Å². The number of hydrogen-bond acceptors (Lipinski definition) is 9. The number of methoxy groups -OCH3 is 1. The summed E-state index contributed by atoms with van der Waals surface area (Å²) >= 11 is 5.74. The number of likely N-dealkylation sites (tertiary alicyclic amines) is 1. The van der Waals surface area contributed by atoms with E-state index in [2.05, 4.69) is 25.1 Å². The van der Waals surface area contributed by atoms with Crippen molar-refractivity contribution in [2.24, 2.45) is 0 Å². The molecule has 212 valence electrons. The average Bonchev–Trinajstić information content (AvgIpc) is 2.98. The van der Waals surface area contributed by atoms with Crippen molar-refractivity contribution >= 4 is 40.3 Å². The lowest BCUT2D eigenvalue weighted by Gasteiger charge is -2.32. The van der Waals surface area contributed by atoms with Crippen molar-refractivity contribution in [1.29, 1.82) is 0 Å². The van der Waals surface area contributed by atoms with Crippen molar-refractivity contribution in [2.45, 2.75) is 18.9 Å². The largest absolute Gasteiger partial charge is 0.493 e. The summed E-state index contributed by atoms with van der Waals surface area (Å²) in [5.74, 6) is -0.453. The average molecular weight is 574 g/mol. The molecule has 2 aromatic carbocycles. The first kappa shape index (κ1) is 28.0. The number of carbonyl (C=O) groups excluding carboxylic acids is 1. The molecule has 9 nitrogen and oxygen atoms in total. The molecule has 0 aliphatic carbocycles. The van der Waals surface area contributed by atoms with Crippen molar-refractivity contribution in [3.8, 4) is 11.5 Å². The molecule has 40 heavy (non-hydrogen) atoms. The van der Waals surface area contributed by atoms with Crippen LogP contribution in [-0.4, -0.2) is 85.2 Å². The van der Waals surface area contributed by atoms with Gasteiger partial charge in [-0.15, -0.1) is 0 Å². The van der Waals surface area contributed by atoms with Crippen molar-refractivity contribution < 1.29 is 27.8 Å². The summed E-state index contributed by atoms with van der Waals surface area (Å²) in [6, 6.07) is 5.81. The topological polar surface area (TPSA) is 89.1 Å². The van der Waals surface area contributed by atoms with Crippen LogP contribution in [0.5, 0.6) is 11.5 Å². The van der Waals surface area contributed by atoms with Gasteiger partial charge in [0, 0.05) is 68.8 Å². The van der Waals surface area contributed by atoms with Gasteiger partial charge in [0.25, 0.3) is 0 Å². The van der Waals surface area contributed by atoms with E-state index in [1.54, 1.807) is 19.2 Å². The number of piperidine rings is 1. The maximum Gasteiger partial charge on any atom is 0.168 e. The predicted molar refractivity (Wildman–Crippen MR) is 147 cm³/mol. The molecule has 2 saturated heterocycles. The number of ether oxygens (including phenoxy) is 3. The molecule has 0 amide bonds. The standard InChI is InChI=1S/C28H30ClF2N5O4/c1-38-24-13-23-20(28(33-17-32-23)34-22-3-2-21(30)26(29)27(22)31)12-25(24)40-19-4-6-35(7-5-19)14-18(16-37)15-36-8-10-39-11-9-36/h2-3,12-14,16-17,19H,4-11,15H2,1H3,(H,32,33,34). The molecule has 5 rings (SSSR count). The Kier molecular flexibility index (Phi) is 8.93. The van der Waals surface area contributed by atoms with E-state index in [0.29, 0.717) is 48.0 Å². The van der Waals surface area contributed by atoms with Crippen LogP contribution in [0.3, 0.4) is 0 Å². The number of anilines is 2. The Balaban J connectivity index is 1.29. The number of fused-ring (bicyclic) bond motifs is 1. The molecule has 12 heteroatoms. The number of morpholine rings is 1. The van der Waals surface area contributed by atoms with Crippen LogP contribution in [0.1, 0.15) is 12.8 Å². The van der Waals surface area contributed by atoms with Gasteiger partial charge in [-0.2, -0.15) is 0 Å². The van der Waals surface area contributed by atoms with E-state index in [0.717, 1.165) is 56.9 Å². The molecule has 0 spiro atoms. The second-order valence-corrected chi connectivity index (χ2v) is 10.0. The van der Waals surface area contributed by atoms with Crippen LogP contribution >= 0.6 is 11.6 Å². The zero-order chi connectivity index (χ0) is 28.1. The number of benzene rings is 2. The Morgan fingerprint density at radius 3 is 2.65 bits per heavy atom. The molecular weight excluding hydrogens is 544 g/mol. The fourth-order valence-corrected chi connectivity index (χ4v) is 4.99. The van der Waals surface area contributed by atoms with Gasteiger partial charge >= 0.3 is 0 Å².